The van der Waals surface area contributed by atoms with Gasteiger partial charge in [-0.1, -0.05) is 0 Å². The monoisotopic (exact) mass is 296 g/mol. The number of carbonyl (C=O) groups excluding carboxylic acids is 1. The number of amides is 1. The first kappa shape index (κ1) is 13.0. The molecule has 7 heteroatoms. The molecule has 16 heavy (non-hydrogen) atoms. The second-order valence-electron chi connectivity index (χ2n) is 3.03. The second-order valence-corrected chi connectivity index (χ2v) is 3.85. The van der Waals surface area contributed by atoms with Crippen LogP contribution in [0.5, 0.6) is 0 Å². The maximum absolute atomic E-state index is 11.8. The van der Waals surface area contributed by atoms with E-state index in [2.05, 4.69) is 26.2 Å². The molecule has 1 N–H and O–H groups in total. The lowest BCUT2D eigenvalue weighted by atomic mass is 10.3. The molecule has 0 aliphatic heterocycles. The quantitative estimate of drug-likeness (QED) is 0.871. The van der Waals surface area contributed by atoms with Gasteiger partial charge in [0.05, 0.1) is 18.3 Å². The Morgan fingerprint density at radius 3 is 2.62 bits per heavy atom. The molecule has 0 spiro atoms. The molecule has 0 radical (unpaired) electrons. The summed E-state index contributed by atoms with van der Waals surface area (Å²) in [6, 6.07) is 3.13. The fraction of sp³-hybridized carbons (Fsp3) is 0.333. The van der Waals surface area contributed by atoms with Gasteiger partial charge in [0, 0.05) is 6.42 Å². The van der Waals surface area contributed by atoms with E-state index in [1.807, 2.05) is 0 Å². The number of hydrogen-bond donors (Lipinski definition) is 1. The van der Waals surface area contributed by atoms with Crippen molar-refractivity contribution in [1.82, 2.24) is 4.98 Å². The molecule has 88 valence electrons. The molecule has 0 saturated heterocycles. The third kappa shape index (κ3) is 5.11. The van der Waals surface area contributed by atoms with Crippen molar-refractivity contribution < 1.29 is 18.0 Å². The van der Waals surface area contributed by atoms with Crippen molar-refractivity contribution in [3.8, 4) is 0 Å². The molecule has 0 fully saturated rings. The van der Waals surface area contributed by atoms with Crippen molar-refractivity contribution in [1.29, 1.82) is 0 Å². The molecule has 0 unspecified atom stereocenters. The van der Waals surface area contributed by atoms with E-state index in [1.54, 1.807) is 12.1 Å². The van der Waals surface area contributed by atoms with Crippen molar-refractivity contribution in [2.24, 2.45) is 0 Å². The van der Waals surface area contributed by atoms with Crippen LogP contribution in [0.15, 0.2) is 22.9 Å². The Morgan fingerprint density at radius 1 is 1.44 bits per heavy atom. The fourth-order valence-electron chi connectivity index (χ4n) is 0.929. The van der Waals surface area contributed by atoms with Gasteiger partial charge in [-0.25, -0.2) is 4.98 Å². The predicted octanol–water partition coefficient (Wildman–Crippen LogP) is 3.13. The zero-order valence-electron chi connectivity index (χ0n) is 8.01. The van der Waals surface area contributed by atoms with Gasteiger partial charge in [0.25, 0.3) is 0 Å². The van der Waals surface area contributed by atoms with Crippen LogP contribution in [0.4, 0.5) is 18.9 Å². The fourth-order valence-corrected chi connectivity index (χ4v) is 1.16. The average molecular weight is 297 g/mol. The number of nitrogens with one attached hydrogen (secondary N) is 1. The molecule has 0 aliphatic rings. The van der Waals surface area contributed by atoms with Gasteiger partial charge in [0.2, 0.25) is 5.91 Å². The lowest BCUT2D eigenvalue weighted by Crippen LogP contribution is -2.16. The minimum atomic E-state index is -4.31. The smallest absolute Gasteiger partial charge is 0.325 e. The third-order valence-electron chi connectivity index (χ3n) is 1.65. The highest BCUT2D eigenvalue weighted by Gasteiger charge is 2.27. The van der Waals surface area contributed by atoms with Crippen LogP contribution in [0.25, 0.3) is 0 Å². The van der Waals surface area contributed by atoms with E-state index in [4.69, 9.17) is 0 Å². The van der Waals surface area contributed by atoms with E-state index in [0.29, 0.717) is 10.3 Å². The molecule has 0 atom stereocenters. The zero-order chi connectivity index (χ0) is 12.2. The van der Waals surface area contributed by atoms with Crippen LogP contribution >= 0.6 is 15.9 Å². The Morgan fingerprint density at radius 2 is 2.12 bits per heavy atom. The SMILES string of the molecule is O=C(CCC(F)(F)F)Nc1ccc(Br)nc1. The number of carbonyl (C=O) groups is 1. The molecule has 0 bridgehead atoms. The molecule has 3 nitrogen and oxygen atoms in total. The Hall–Kier alpha value is -1.11. The van der Waals surface area contributed by atoms with Crippen LogP contribution in [-0.4, -0.2) is 17.1 Å². The van der Waals surface area contributed by atoms with Crippen molar-refractivity contribution in [3.63, 3.8) is 0 Å². The van der Waals surface area contributed by atoms with Gasteiger partial charge in [-0.05, 0) is 28.1 Å². The second kappa shape index (κ2) is 5.29. The van der Waals surface area contributed by atoms with Crippen LogP contribution < -0.4 is 5.32 Å². The molecule has 1 aromatic heterocycles. The highest BCUT2D eigenvalue weighted by Crippen LogP contribution is 2.21. The summed E-state index contributed by atoms with van der Waals surface area (Å²) >= 11 is 3.10. The largest absolute Gasteiger partial charge is 0.389 e. The van der Waals surface area contributed by atoms with Crippen molar-refractivity contribution in [2.45, 2.75) is 19.0 Å². The van der Waals surface area contributed by atoms with Crippen LogP contribution in [0.1, 0.15) is 12.8 Å². The normalized spacial score (nSPS) is 11.2. The number of nitrogens with zero attached hydrogens (tertiary/aromatic N) is 1. The Labute approximate surface area is 98.2 Å². The number of anilines is 1. The van der Waals surface area contributed by atoms with Gasteiger partial charge in [0.15, 0.2) is 0 Å². The lowest BCUT2D eigenvalue weighted by molar-refractivity contribution is -0.142. The van der Waals surface area contributed by atoms with Gasteiger partial charge in [-0.15, -0.1) is 0 Å². The molecular weight excluding hydrogens is 289 g/mol. The molecule has 0 aliphatic carbocycles. The van der Waals surface area contributed by atoms with Crippen LogP contribution in [0, 0.1) is 0 Å². The van der Waals surface area contributed by atoms with E-state index in [-0.39, 0.29) is 0 Å². The highest BCUT2D eigenvalue weighted by atomic mass is 79.9. The third-order valence-corrected chi connectivity index (χ3v) is 2.12. The van der Waals surface area contributed by atoms with Crippen LogP contribution in [-0.2, 0) is 4.79 Å². The number of hydrogen-bond acceptors (Lipinski definition) is 2. The van der Waals surface area contributed by atoms with Crippen LogP contribution in [0.3, 0.4) is 0 Å². The molecule has 1 heterocycles. The molecular formula is C9H8BrF3N2O. The summed E-state index contributed by atoms with van der Waals surface area (Å²) in [6.07, 6.45) is -4.66. The Bertz CT molecular complexity index is 364. The van der Waals surface area contributed by atoms with Gasteiger partial charge in [-0.3, -0.25) is 4.79 Å². The van der Waals surface area contributed by atoms with Gasteiger partial charge < -0.3 is 5.32 Å². The minimum absolute atomic E-state index is 0.371. The van der Waals surface area contributed by atoms with E-state index < -0.39 is 24.9 Å². The Balaban J connectivity index is 2.43. The number of rotatable bonds is 3. The van der Waals surface area contributed by atoms with E-state index >= 15 is 0 Å². The molecule has 1 amide bonds. The van der Waals surface area contributed by atoms with Gasteiger partial charge in [-0.2, -0.15) is 13.2 Å². The van der Waals surface area contributed by atoms with E-state index in [0.717, 1.165) is 0 Å². The molecule has 0 aromatic carbocycles. The van der Waals surface area contributed by atoms with E-state index in [1.165, 1.54) is 6.20 Å². The first-order valence-corrected chi connectivity index (χ1v) is 5.14. The topological polar surface area (TPSA) is 42.0 Å². The maximum Gasteiger partial charge on any atom is 0.389 e. The highest BCUT2D eigenvalue weighted by molar-refractivity contribution is 9.10. The number of halogens is 4. The summed E-state index contributed by atoms with van der Waals surface area (Å²) in [5.41, 5.74) is 0.371. The molecule has 0 saturated carbocycles. The van der Waals surface area contributed by atoms with Gasteiger partial charge >= 0.3 is 6.18 Å². The van der Waals surface area contributed by atoms with Crippen molar-refractivity contribution >= 4 is 27.5 Å². The standard InChI is InChI=1S/C9H8BrF3N2O/c10-7-2-1-6(5-14-7)15-8(16)3-4-9(11,12)13/h1-2,5H,3-4H2,(H,15,16). The summed E-state index contributed by atoms with van der Waals surface area (Å²) in [6.45, 7) is 0. The summed E-state index contributed by atoms with van der Waals surface area (Å²) in [5.74, 6) is -0.679. The summed E-state index contributed by atoms with van der Waals surface area (Å²) < 4.78 is 36.0. The first-order chi connectivity index (χ1) is 7.37. The zero-order valence-corrected chi connectivity index (χ0v) is 9.60. The number of aromatic nitrogens is 1. The minimum Gasteiger partial charge on any atom is -0.325 e. The first-order valence-electron chi connectivity index (χ1n) is 4.35. The summed E-state index contributed by atoms with van der Waals surface area (Å²) in [7, 11) is 0. The lowest BCUT2D eigenvalue weighted by Gasteiger charge is -2.06. The van der Waals surface area contributed by atoms with Crippen molar-refractivity contribution in [2.75, 3.05) is 5.32 Å². The summed E-state index contributed by atoms with van der Waals surface area (Å²) in [4.78, 5) is 14.9. The Kier molecular flexibility index (Phi) is 4.28. The summed E-state index contributed by atoms with van der Waals surface area (Å²) in [5, 5.41) is 2.32. The van der Waals surface area contributed by atoms with Crippen LogP contribution in [0.2, 0.25) is 0 Å². The molecule has 1 aromatic rings. The predicted molar refractivity (Wildman–Crippen MR) is 55.9 cm³/mol. The number of alkyl halides is 3. The average Bonchev–Trinajstić information content (AvgIpc) is 2.18. The van der Waals surface area contributed by atoms with E-state index in [9.17, 15) is 18.0 Å². The number of pyridine rings is 1. The molecule has 1 rings (SSSR count). The van der Waals surface area contributed by atoms with Crippen molar-refractivity contribution in [3.05, 3.63) is 22.9 Å². The maximum atomic E-state index is 11.8. The van der Waals surface area contributed by atoms with Gasteiger partial charge in [0.1, 0.15) is 4.60 Å².